The third-order valence-corrected chi connectivity index (χ3v) is 11.5. The first kappa shape index (κ1) is 28.2. The van der Waals surface area contributed by atoms with Gasteiger partial charge in [0.05, 0.1) is 18.3 Å². The maximum atomic E-state index is 14.1. The highest BCUT2D eigenvalue weighted by molar-refractivity contribution is 6.01. The molecule has 2 saturated carbocycles. The van der Waals surface area contributed by atoms with Crippen molar-refractivity contribution in [2.24, 2.45) is 39.4 Å². The molecule has 9 atom stereocenters. The summed E-state index contributed by atoms with van der Waals surface area (Å²) >= 11 is 0. The Hall–Kier alpha value is -1.83. The van der Waals surface area contributed by atoms with Crippen LogP contribution in [-0.4, -0.2) is 56.3 Å². The molecule has 2 fully saturated rings. The van der Waals surface area contributed by atoms with Crippen LogP contribution in [-0.2, 0) is 14.4 Å². The molecule has 0 aromatic heterocycles. The predicted molar refractivity (Wildman–Crippen MR) is 138 cm³/mol. The van der Waals surface area contributed by atoms with Gasteiger partial charge < -0.3 is 20.4 Å². The van der Waals surface area contributed by atoms with E-state index in [2.05, 4.69) is 6.92 Å². The fourth-order valence-electron chi connectivity index (χ4n) is 9.16. The van der Waals surface area contributed by atoms with E-state index in [1.54, 1.807) is 0 Å². The van der Waals surface area contributed by atoms with E-state index in [0.717, 1.165) is 0 Å². The predicted octanol–water partition coefficient (Wildman–Crippen LogP) is 3.84. The Kier molecular flexibility index (Phi) is 6.74. The molecule has 7 nitrogen and oxygen atoms in total. The van der Waals surface area contributed by atoms with E-state index in [1.165, 1.54) is 13.0 Å². The Morgan fingerprint density at radius 1 is 1.11 bits per heavy atom. The second-order valence-electron chi connectivity index (χ2n) is 13.7. The number of aliphatic carboxylic acids is 1. The topological polar surface area (TPSA) is 132 Å². The molecule has 4 aliphatic rings. The molecule has 4 rings (SSSR count). The van der Waals surface area contributed by atoms with Crippen LogP contribution in [0.1, 0.15) is 87.0 Å². The number of fused-ring (bicyclic) bond motifs is 4. The molecule has 0 bridgehead atoms. The average molecular weight is 517 g/mol. The number of rotatable bonds is 5. The van der Waals surface area contributed by atoms with Gasteiger partial charge in [-0.3, -0.25) is 9.59 Å². The Bertz CT molecular complexity index is 1090. The lowest BCUT2D eigenvalue weighted by molar-refractivity contribution is -0.146. The average Bonchev–Trinajstić information content (AvgIpc) is 2.99. The van der Waals surface area contributed by atoms with Crippen LogP contribution in [0.25, 0.3) is 0 Å². The summed E-state index contributed by atoms with van der Waals surface area (Å²) in [4.78, 5) is 38.1. The molecule has 7 heteroatoms. The van der Waals surface area contributed by atoms with Crippen LogP contribution >= 0.6 is 0 Å². The molecule has 0 unspecified atom stereocenters. The van der Waals surface area contributed by atoms with Gasteiger partial charge in [-0.25, -0.2) is 4.79 Å². The third-order valence-electron chi connectivity index (χ3n) is 11.5. The number of allylic oxidation sites excluding steroid dienone is 1. The van der Waals surface area contributed by atoms with Gasteiger partial charge in [-0.05, 0) is 67.4 Å². The number of Topliss-reactive ketones (excluding diaryl/α,β-unsaturated/α-hetero) is 2. The summed E-state index contributed by atoms with van der Waals surface area (Å²) < 4.78 is 0. The first-order chi connectivity index (χ1) is 16.9. The van der Waals surface area contributed by atoms with E-state index >= 15 is 0 Å². The van der Waals surface area contributed by atoms with Crippen molar-refractivity contribution in [2.45, 2.75) is 105 Å². The number of carboxylic acids is 1. The number of hydrogen-bond donors (Lipinski definition) is 4. The third kappa shape index (κ3) is 3.82. The lowest BCUT2D eigenvalue weighted by Crippen LogP contribution is -2.60. The van der Waals surface area contributed by atoms with Crippen molar-refractivity contribution in [3.63, 3.8) is 0 Å². The summed E-state index contributed by atoms with van der Waals surface area (Å²) in [6.45, 7) is 13.4. The van der Waals surface area contributed by atoms with E-state index in [4.69, 9.17) is 5.11 Å². The standard InChI is InChI=1S/C30H44O7/c1-15(10-17(31)11-16(2)26(36)37)18-12-23(35)30(7)25-19(32)13-21-27(3,4)22(34)8-9-28(21,5)24(25)20(33)14-29(18,30)6/h11,15,17-19,21,23,31-32,35H,8-10,12-14H2,1-7H3,(H,36,37)/b16-11+/t15-,17+,18-,19-,21-,23+,28+,29-,30+/m1/s1. The Balaban J connectivity index is 1.77. The molecular weight excluding hydrogens is 472 g/mol. The highest BCUT2D eigenvalue weighted by Crippen LogP contribution is 2.71. The summed E-state index contributed by atoms with van der Waals surface area (Å²) in [5, 5.41) is 43.0. The molecule has 206 valence electrons. The quantitative estimate of drug-likeness (QED) is 0.408. The van der Waals surface area contributed by atoms with Crippen LogP contribution < -0.4 is 0 Å². The van der Waals surface area contributed by atoms with Gasteiger partial charge in [0.15, 0.2) is 5.78 Å². The molecule has 0 heterocycles. The second kappa shape index (κ2) is 8.85. The molecule has 0 aromatic carbocycles. The van der Waals surface area contributed by atoms with Crippen LogP contribution in [0.2, 0.25) is 0 Å². The van der Waals surface area contributed by atoms with Crippen molar-refractivity contribution in [3.05, 3.63) is 22.8 Å². The monoisotopic (exact) mass is 516 g/mol. The maximum absolute atomic E-state index is 14.1. The molecule has 0 saturated heterocycles. The normalized spacial score (nSPS) is 43.1. The molecule has 0 aromatic rings. The summed E-state index contributed by atoms with van der Waals surface area (Å²) in [6, 6.07) is 0. The fourth-order valence-corrected chi connectivity index (χ4v) is 9.16. The van der Waals surface area contributed by atoms with Crippen molar-refractivity contribution in [1.82, 2.24) is 0 Å². The Labute approximate surface area is 220 Å². The number of carbonyl (C=O) groups is 3. The van der Waals surface area contributed by atoms with E-state index in [9.17, 15) is 29.7 Å². The number of hydrogen-bond acceptors (Lipinski definition) is 6. The lowest BCUT2D eigenvalue weighted by atomic mass is 9.42. The molecule has 4 aliphatic carbocycles. The van der Waals surface area contributed by atoms with Crippen molar-refractivity contribution >= 4 is 17.5 Å². The van der Waals surface area contributed by atoms with E-state index < -0.39 is 45.9 Å². The Morgan fingerprint density at radius 3 is 2.32 bits per heavy atom. The minimum Gasteiger partial charge on any atom is -0.478 e. The van der Waals surface area contributed by atoms with Gasteiger partial charge in [-0.15, -0.1) is 0 Å². The van der Waals surface area contributed by atoms with Crippen molar-refractivity contribution in [1.29, 1.82) is 0 Å². The number of ketones is 2. The molecule has 4 N–H and O–H groups in total. The number of aliphatic hydroxyl groups excluding tert-OH is 3. The zero-order chi connectivity index (χ0) is 27.9. The van der Waals surface area contributed by atoms with Gasteiger partial charge in [0.1, 0.15) is 5.78 Å². The van der Waals surface area contributed by atoms with Crippen LogP contribution in [0.15, 0.2) is 22.8 Å². The van der Waals surface area contributed by atoms with E-state index in [0.29, 0.717) is 43.3 Å². The van der Waals surface area contributed by atoms with Crippen LogP contribution in [0, 0.1) is 39.4 Å². The number of aliphatic hydroxyl groups is 3. The van der Waals surface area contributed by atoms with E-state index in [-0.39, 0.29) is 41.3 Å². The molecule has 0 spiro atoms. The van der Waals surface area contributed by atoms with Crippen molar-refractivity contribution < 1.29 is 34.8 Å². The van der Waals surface area contributed by atoms with Crippen molar-refractivity contribution in [2.75, 3.05) is 0 Å². The van der Waals surface area contributed by atoms with E-state index in [1.807, 2.05) is 34.6 Å². The number of carbonyl (C=O) groups excluding carboxylic acids is 2. The summed E-state index contributed by atoms with van der Waals surface area (Å²) in [5.41, 5.74) is -1.26. The second-order valence-corrected chi connectivity index (χ2v) is 13.7. The van der Waals surface area contributed by atoms with Crippen LogP contribution in [0.3, 0.4) is 0 Å². The van der Waals surface area contributed by atoms with Gasteiger partial charge in [-0.2, -0.15) is 0 Å². The largest absolute Gasteiger partial charge is 0.478 e. The van der Waals surface area contributed by atoms with Crippen LogP contribution in [0.5, 0.6) is 0 Å². The zero-order valence-corrected chi connectivity index (χ0v) is 23.3. The molecule has 37 heavy (non-hydrogen) atoms. The fraction of sp³-hybridized carbons (Fsp3) is 0.767. The summed E-state index contributed by atoms with van der Waals surface area (Å²) in [6.07, 6.45) is 1.04. The number of carboxylic acid groups (broad SMARTS) is 1. The van der Waals surface area contributed by atoms with Gasteiger partial charge >= 0.3 is 5.97 Å². The van der Waals surface area contributed by atoms with Gasteiger partial charge in [0, 0.05) is 40.2 Å². The van der Waals surface area contributed by atoms with Crippen LogP contribution in [0.4, 0.5) is 0 Å². The summed E-state index contributed by atoms with van der Waals surface area (Å²) in [5.74, 6) is -1.27. The molecular formula is C30H44O7. The zero-order valence-electron chi connectivity index (χ0n) is 23.3. The summed E-state index contributed by atoms with van der Waals surface area (Å²) in [7, 11) is 0. The smallest absolute Gasteiger partial charge is 0.331 e. The highest BCUT2D eigenvalue weighted by atomic mass is 16.4. The highest BCUT2D eigenvalue weighted by Gasteiger charge is 2.70. The van der Waals surface area contributed by atoms with Gasteiger partial charge in [0.2, 0.25) is 0 Å². The first-order valence-corrected chi connectivity index (χ1v) is 13.7. The Morgan fingerprint density at radius 2 is 1.73 bits per heavy atom. The minimum atomic E-state index is -1.08. The lowest BCUT2D eigenvalue weighted by Gasteiger charge is -2.61. The van der Waals surface area contributed by atoms with Crippen molar-refractivity contribution in [3.8, 4) is 0 Å². The minimum absolute atomic E-state index is 0.000148. The molecule has 0 aliphatic heterocycles. The molecule has 0 radical (unpaired) electrons. The van der Waals surface area contributed by atoms with Gasteiger partial charge in [-0.1, -0.05) is 41.5 Å². The first-order valence-electron chi connectivity index (χ1n) is 13.7. The maximum Gasteiger partial charge on any atom is 0.331 e. The molecule has 0 amide bonds. The van der Waals surface area contributed by atoms with Gasteiger partial charge in [0.25, 0.3) is 0 Å². The SMILES string of the molecule is C/C(=C\[C@@H](O)C[C@@H](C)[C@H]1C[C@H](O)[C@@]2(C)C3=C(C(=O)C[C@]12C)[C@@]1(C)CCC(=O)C(C)(C)[C@H]1C[C@H]3O)C(=O)O.